The molecular formula is C23H40BN7O5. The van der Waals surface area contributed by atoms with Gasteiger partial charge in [-0.3, -0.25) is 19.8 Å². The van der Waals surface area contributed by atoms with Crippen LogP contribution in [0.3, 0.4) is 0 Å². The highest BCUT2D eigenvalue weighted by Gasteiger charge is 2.31. The summed E-state index contributed by atoms with van der Waals surface area (Å²) in [6.45, 7) is 5.57. The monoisotopic (exact) mass is 505 g/mol. The summed E-state index contributed by atoms with van der Waals surface area (Å²) in [6.07, 6.45) is 1.08. The van der Waals surface area contributed by atoms with E-state index in [4.69, 9.17) is 16.9 Å². The van der Waals surface area contributed by atoms with E-state index in [2.05, 4.69) is 21.3 Å². The zero-order chi connectivity index (χ0) is 27.3. The van der Waals surface area contributed by atoms with E-state index in [9.17, 15) is 24.4 Å². The number of carbonyl (C=O) groups excluding carboxylic acids is 3. The first-order valence-electron chi connectivity index (χ1n) is 12.0. The van der Waals surface area contributed by atoms with Crippen LogP contribution in [0.2, 0.25) is 0 Å². The van der Waals surface area contributed by atoms with Gasteiger partial charge in [0, 0.05) is 13.0 Å². The molecule has 0 heterocycles. The van der Waals surface area contributed by atoms with E-state index in [1.807, 2.05) is 32.0 Å². The molecule has 0 fully saturated rings. The van der Waals surface area contributed by atoms with Crippen LogP contribution in [0.1, 0.15) is 45.6 Å². The van der Waals surface area contributed by atoms with Gasteiger partial charge in [-0.25, -0.2) is 0 Å². The summed E-state index contributed by atoms with van der Waals surface area (Å²) in [4.78, 5) is 38.6. The first-order valence-corrected chi connectivity index (χ1v) is 12.0. The van der Waals surface area contributed by atoms with Crippen LogP contribution in [-0.4, -0.2) is 71.5 Å². The van der Waals surface area contributed by atoms with E-state index < -0.39 is 48.9 Å². The van der Waals surface area contributed by atoms with E-state index in [1.165, 1.54) is 6.92 Å². The molecule has 0 saturated carbocycles. The molecule has 0 aliphatic carbocycles. The number of nitrogens with one attached hydrogen (secondary N) is 5. The SMILES string of the molecule is CC(C)C[C@H](NC(=O)[C@H](Cc1ccccc1)NC(=O)[C@H](CCCNC(=N)N)NC(=O)[C@H](C)N)B(O)O. The van der Waals surface area contributed by atoms with Crippen LogP contribution in [0.15, 0.2) is 30.3 Å². The standard InChI is InChI=1S/C23H40BN7O5/c1-14(2)12-19(24(35)36)31-22(34)18(13-16-8-5-4-6-9-16)30-21(33)17(29-20(32)15(3)25)10-7-11-28-23(26)27/h4-6,8-9,14-15,17-19,35-36H,7,10-13,25H2,1-3H3,(H,29,32)(H,30,33)(H,31,34)(H4,26,27,28)/t15-,17-,18-,19-/m0/s1. The van der Waals surface area contributed by atoms with Gasteiger partial charge < -0.3 is 42.8 Å². The van der Waals surface area contributed by atoms with E-state index in [-0.39, 0.29) is 24.7 Å². The van der Waals surface area contributed by atoms with E-state index in [1.54, 1.807) is 12.1 Å². The number of carbonyl (C=O) groups is 3. The lowest BCUT2D eigenvalue weighted by Crippen LogP contribution is -2.58. The Bertz CT molecular complexity index is 855. The normalized spacial score (nSPS) is 14.2. The molecule has 0 aliphatic rings. The fourth-order valence-corrected chi connectivity index (χ4v) is 3.48. The molecule has 36 heavy (non-hydrogen) atoms. The molecule has 0 radical (unpaired) electrons. The van der Waals surface area contributed by atoms with E-state index in [0.29, 0.717) is 19.4 Å². The third kappa shape index (κ3) is 12.0. The second kappa shape index (κ2) is 15.8. The van der Waals surface area contributed by atoms with Gasteiger partial charge in [-0.1, -0.05) is 44.2 Å². The van der Waals surface area contributed by atoms with Gasteiger partial charge in [0.25, 0.3) is 0 Å². The predicted molar refractivity (Wildman–Crippen MR) is 138 cm³/mol. The summed E-state index contributed by atoms with van der Waals surface area (Å²) >= 11 is 0. The van der Waals surface area contributed by atoms with Crippen molar-refractivity contribution in [3.8, 4) is 0 Å². The average Bonchev–Trinajstić information content (AvgIpc) is 2.79. The van der Waals surface area contributed by atoms with Crippen LogP contribution in [0.4, 0.5) is 0 Å². The summed E-state index contributed by atoms with van der Waals surface area (Å²) in [5.41, 5.74) is 11.7. The molecule has 13 heteroatoms. The summed E-state index contributed by atoms with van der Waals surface area (Å²) in [5.74, 6) is -2.75. The largest absolute Gasteiger partial charge is 0.475 e. The highest BCUT2D eigenvalue weighted by atomic mass is 16.4. The molecular weight excluding hydrogens is 465 g/mol. The average molecular weight is 505 g/mol. The van der Waals surface area contributed by atoms with Crippen molar-refractivity contribution < 1.29 is 24.4 Å². The number of guanidine groups is 1. The third-order valence-electron chi connectivity index (χ3n) is 5.36. The minimum Gasteiger partial charge on any atom is -0.426 e. The topological polar surface area (TPSA) is 216 Å². The second-order valence-electron chi connectivity index (χ2n) is 9.24. The number of benzene rings is 1. The van der Waals surface area contributed by atoms with Crippen molar-refractivity contribution in [1.82, 2.24) is 21.3 Å². The van der Waals surface area contributed by atoms with Gasteiger partial charge in [-0.15, -0.1) is 0 Å². The van der Waals surface area contributed by atoms with Crippen LogP contribution in [-0.2, 0) is 20.8 Å². The summed E-state index contributed by atoms with van der Waals surface area (Å²) in [5, 5.41) is 37.2. The molecule has 12 nitrogen and oxygen atoms in total. The molecule has 0 spiro atoms. The number of rotatable bonds is 15. The van der Waals surface area contributed by atoms with Crippen LogP contribution in [0.25, 0.3) is 0 Å². The van der Waals surface area contributed by atoms with E-state index in [0.717, 1.165) is 5.56 Å². The lowest BCUT2D eigenvalue weighted by atomic mass is 9.75. The van der Waals surface area contributed by atoms with Crippen molar-refractivity contribution in [3.05, 3.63) is 35.9 Å². The van der Waals surface area contributed by atoms with Crippen molar-refractivity contribution in [3.63, 3.8) is 0 Å². The quantitative estimate of drug-likeness (QED) is 0.0581. The Morgan fingerprint density at radius 3 is 2.08 bits per heavy atom. The Morgan fingerprint density at radius 1 is 0.972 bits per heavy atom. The second-order valence-corrected chi connectivity index (χ2v) is 9.24. The molecule has 1 rings (SSSR count). The molecule has 0 saturated heterocycles. The third-order valence-corrected chi connectivity index (χ3v) is 5.36. The highest BCUT2D eigenvalue weighted by molar-refractivity contribution is 6.43. The van der Waals surface area contributed by atoms with Crippen molar-refractivity contribution in [2.45, 2.75) is 70.5 Å². The van der Waals surface area contributed by atoms with Crippen molar-refractivity contribution >= 4 is 30.8 Å². The molecule has 4 atom stereocenters. The number of amides is 3. The zero-order valence-corrected chi connectivity index (χ0v) is 21.2. The number of hydrogen-bond acceptors (Lipinski definition) is 7. The van der Waals surface area contributed by atoms with Crippen molar-refractivity contribution in [2.24, 2.45) is 17.4 Å². The van der Waals surface area contributed by atoms with Gasteiger partial charge in [0.1, 0.15) is 12.1 Å². The van der Waals surface area contributed by atoms with Crippen LogP contribution >= 0.6 is 0 Å². The Morgan fingerprint density at radius 2 is 1.56 bits per heavy atom. The summed E-state index contributed by atoms with van der Waals surface area (Å²) < 4.78 is 0. The molecule has 200 valence electrons. The summed E-state index contributed by atoms with van der Waals surface area (Å²) in [7, 11) is -1.77. The lowest BCUT2D eigenvalue weighted by Gasteiger charge is -2.26. The van der Waals surface area contributed by atoms with Gasteiger partial charge in [0.15, 0.2) is 5.96 Å². The van der Waals surface area contributed by atoms with Gasteiger partial charge >= 0.3 is 7.12 Å². The van der Waals surface area contributed by atoms with Gasteiger partial charge in [-0.05, 0) is 37.7 Å². The fourth-order valence-electron chi connectivity index (χ4n) is 3.48. The van der Waals surface area contributed by atoms with Crippen LogP contribution < -0.4 is 32.7 Å². The smallest absolute Gasteiger partial charge is 0.426 e. The minimum atomic E-state index is -1.77. The molecule has 0 aliphatic heterocycles. The van der Waals surface area contributed by atoms with Gasteiger partial charge in [0.05, 0.1) is 12.0 Å². The molecule has 1 aromatic rings. The Hall–Kier alpha value is -3.16. The molecule has 3 amide bonds. The lowest BCUT2D eigenvalue weighted by molar-refractivity contribution is -0.132. The highest BCUT2D eigenvalue weighted by Crippen LogP contribution is 2.09. The predicted octanol–water partition coefficient (Wildman–Crippen LogP) is -1.65. The minimum absolute atomic E-state index is 0.0840. The number of nitrogens with two attached hydrogens (primary N) is 2. The van der Waals surface area contributed by atoms with Gasteiger partial charge in [-0.2, -0.15) is 0 Å². The molecule has 11 N–H and O–H groups in total. The Kier molecular flexibility index (Phi) is 13.5. The van der Waals surface area contributed by atoms with Gasteiger partial charge in [0.2, 0.25) is 17.7 Å². The molecule has 0 bridgehead atoms. The maximum atomic E-state index is 13.2. The van der Waals surface area contributed by atoms with Crippen LogP contribution in [0.5, 0.6) is 0 Å². The van der Waals surface area contributed by atoms with Crippen molar-refractivity contribution in [2.75, 3.05) is 6.54 Å². The maximum absolute atomic E-state index is 13.2. The first kappa shape index (κ1) is 30.9. The fraction of sp³-hybridized carbons (Fsp3) is 0.565. The van der Waals surface area contributed by atoms with E-state index >= 15 is 0 Å². The number of hydrogen-bond donors (Lipinski definition) is 9. The first-order chi connectivity index (χ1) is 16.9. The molecule has 1 aromatic carbocycles. The maximum Gasteiger partial charge on any atom is 0.475 e. The van der Waals surface area contributed by atoms with Crippen LogP contribution in [0, 0.1) is 11.3 Å². The summed E-state index contributed by atoms with van der Waals surface area (Å²) in [6, 6.07) is 6.17. The zero-order valence-electron chi connectivity index (χ0n) is 21.2. The Labute approximate surface area is 212 Å². The molecule has 0 unspecified atom stereocenters. The van der Waals surface area contributed by atoms with Crippen molar-refractivity contribution in [1.29, 1.82) is 5.41 Å². The Balaban J connectivity index is 3.07. The molecule has 0 aromatic heterocycles.